The third-order valence-corrected chi connectivity index (χ3v) is 2.05. The first-order chi connectivity index (χ1) is 9.66. The Labute approximate surface area is 189 Å². The van der Waals surface area contributed by atoms with E-state index in [4.69, 9.17) is 20.4 Å². The van der Waals surface area contributed by atoms with Crippen molar-refractivity contribution in [3.63, 3.8) is 0 Å². The summed E-state index contributed by atoms with van der Waals surface area (Å²) >= 11 is 0. The molecule has 0 unspecified atom stereocenters. The van der Waals surface area contributed by atoms with E-state index in [-0.39, 0.29) is 63.6 Å². The number of unbranched alkanes of at least 4 members (excludes halogenated alkanes) is 4. The van der Waals surface area contributed by atoms with Gasteiger partial charge in [0, 0.05) is 48.1 Å². The Kier molecular flexibility index (Phi) is 125. The maximum Gasteiger partial charge on any atom is 3.00 e. The molecule has 0 aromatic heterocycles. The summed E-state index contributed by atoms with van der Waals surface area (Å²) in [5.41, 5.74) is 0. The maximum atomic E-state index is 8.07. The van der Waals surface area contributed by atoms with Gasteiger partial charge >= 0.3 is 36.2 Å². The van der Waals surface area contributed by atoms with Gasteiger partial charge in [-0.1, -0.05) is 53.4 Å². The molecule has 0 amide bonds. The Morgan fingerprint density at radius 3 is 0.652 bits per heavy atom. The fourth-order valence-electron chi connectivity index (χ4n) is 0.632. The van der Waals surface area contributed by atoms with Crippen LogP contribution in [0.4, 0.5) is 0 Å². The van der Waals surface area contributed by atoms with Gasteiger partial charge in [0.25, 0.3) is 0 Å². The molecule has 0 saturated carbocycles. The van der Waals surface area contributed by atoms with Gasteiger partial charge in [0.05, 0.1) is 0 Å². The summed E-state index contributed by atoms with van der Waals surface area (Å²) in [7, 11) is 0. The van der Waals surface area contributed by atoms with Crippen molar-refractivity contribution in [3.8, 4) is 0 Å². The molecule has 23 heavy (non-hydrogen) atoms. The van der Waals surface area contributed by atoms with Crippen LogP contribution in [0.2, 0.25) is 0 Å². The molecule has 0 aliphatic rings. The number of aliphatic hydroxyl groups is 4. The molecule has 0 aliphatic carbocycles. The topological polar surface area (TPSA) is 80.9 Å². The quantitative estimate of drug-likeness (QED) is 0.452. The summed E-state index contributed by atoms with van der Waals surface area (Å²) < 4.78 is 0. The molecule has 0 spiro atoms. The SMILES string of the molecule is CCCCO.CCCCO.CCCCO.CCCCO.[Al+3].[H-].[H-].[H-].[H-].[Li+].[Ti]. The van der Waals surface area contributed by atoms with Gasteiger partial charge in [-0.3, -0.25) is 0 Å². The van der Waals surface area contributed by atoms with Gasteiger partial charge < -0.3 is 26.1 Å². The molecule has 4 nitrogen and oxygen atoms in total. The second-order valence-corrected chi connectivity index (χ2v) is 4.31. The van der Waals surface area contributed by atoms with Crippen molar-refractivity contribution in [1.82, 2.24) is 0 Å². The molecule has 0 rings (SSSR count). The Morgan fingerprint density at radius 2 is 0.652 bits per heavy atom. The molecule has 7 heteroatoms. The van der Waals surface area contributed by atoms with E-state index < -0.39 is 0 Å². The van der Waals surface area contributed by atoms with Crippen LogP contribution in [-0.2, 0) is 21.7 Å². The van der Waals surface area contributed by atoms with Gasteiger partial charge in [-0.2, -0.15) is 0 Å². The van der Waals surface area contributed by atoms with Crippen LogP contribution in [0, 0.1) is 0 Å². The molecule has 0 radical (unpaired) electrons. The van der Waals surface area contributed by atoms with Crippen molar-refractivity contribution in [2.75, 3.05) is 26.4 Å². The molecule has 4 N–H and O–H groups in total. The zero-order valence-electron chi connectivity index (χ0n) is 20.4. The third-order valence-electron chi connectivity index (χ3n) is 2.05. The van der Waals surface area contributed by atoms with Gasteiger partial charge in [-0.05, 0) is 25.7 Å². The summed E-state index contributed by atoms with van der Waals surface area (Å²) in [6.07, 6.45) is 8.15. The van der Waals surface area contributed by atoms with Crippen LogP contribution < -0.4 is 18.9 Å². The van der Waals surface area contributed by atoms with Crippen LogP contribution in [0.1, 0.15) is 84.8 Å². The minimum Gasteiger partial charge on any atom is -1.00 e. The van der Waals surface area contributed by atoms with Crippen molar-refractivity contribution >= 4 is 17.4 Å². The van der Waals surface area contributed by atoms with Crippen LogP contribution in [-0.4, -0.2) is 64.2 Å². The van der Waals surface area contributed by atoms with Crippen molar-refractivity contribution in [3.05, 3.63) is 0 Å². The second kappa shape index (κ2) is 65.1. The van der Waals surface area contributed by atoms with E-state index in [1.54, 1.807) is 0 Å². The first-order valence-electron chi connectivity index (χ1n) is 8.09. The molecule has 0 bridgehead atoms. The van der Waals surface area contributed by atoms with Crippen molar-refractivity contribution in [2.24, 2.45) is 0 Å². The summed E-state index contributed by atoms with van der Waals surface area (Å²) in [5, 5.41) is 32.3. The number of hydrogen-bond donors (Lipinski definition) is 4. The van der Waals surface area contributed by atoms with E-state index in [1.165, 1.54) is 0 Å². The van der Waals surface area contributed by atoms with E-state index in [9.17, 15) is 0 Å². The third kappa shape index (κ3) is 119. The van der Waals surface area contributed by atoms with E-state index >= 15 is 0 Å². The molecule has 0 heterocycles. The Bertz CT molecular complexity index is 102. The number of rotatable bonds is 8. The van der Waals surface area contributed by atoms with Gasteiger partial charge in [0.1, 0.15) is 0 Å². The summed E-state index contributed by atoms with van der Waals surface area (Å²) in [6, 6.07) is 0. The van der Waals surface area contributed by atoms with Gasteiger partial charge in [-0.15, -0.1) is 0 Å². The second-order valence-electron chi connectivity index (χ2n) is 4.31. The molecule has 0 aliphatic heterocycles. The number of aliphatic hydroxyl groups excluding tert-OH is 4. The summed E-state index contributed by atoms with van der Waals surface area (Å²) in [6.45, 7) is 9.58. The zero-order chi connectivity index (χ0) is 16.5. The Morgan fingerprint density at radius 1 is 0.522 bits per heavy atom. The van der Waals surface area contributed by atoms with Crippen LogP contribution in [0.15, 0.2) is 0 Å². The van der Waals surface area contributed by atoms with Gasteiger partial charge in [-0.25, -0.2) is 0 Å². The van der Waals surface area contributed by atoms with E-state index in [2.05, 4.69) is 27.7 Å². The summed E-state index contributed by atoms with van der Waals surface area (Å²) in [4.78, 5) is 0. The minimum absolute atomic E-state index is 0. The Balaban J connectivity index is -0.0000000129. The predicted octanol–water partition coefficient (Wildman–Crippen LogP) is 0.186. The molecular weight excluding hydrogens is 338 g/mol. The van der Waals surface area contributed by atoms with Crippen LogP contribution in [0.3, 0.4) is 0 Å². The van der Waals surface area contributed by atoms with Crippen LogP contribution in [0.25, 0.3) is 0 Å². The average Bonchev–Trinajstić information content (AvgIpc) is 2.44. The van der Waals surface area contributed by atoms with Crippen molar-refractivity contribution in [2.45, 2.75) is 79.1 Å². The molecule has 0 fully saturated rings. The molecule has 0 aromatic rings. The Hall–Kier alpha value is 1.68. The molecular formula is C16H44AlLiO4Ti. The largest absolute Gasteiger partial charge is 3.00 e. The van der Waals surface area contributed by atoms with Gasteiger partial charge in [0.15, 0.2) is 0 Å². The molecule has 0 saturated heterocycles. The average molecular weight is 382 g/mol. The standard InChI is InChI=1S/4C4H10O.Al.Li.Ti.4H/c4*1-2-3-4-5;;;;;;;/h4*5H,2-4H2,1H3;;;;;;;/q;;;;+3;+1;;4*-1. The normalized spacial score (nSPS) is 7.30. The van der Waals surface area contributed by atoms with Crippen LogP contribution >= 0.6 is 0 Å². The van der Waals surface area contributed by atoms with Crippen molar-refractivity contribution < 1.29 is 66.7 Å². The maximum absolute atomic E-state index is 8.07. The van der Waals surface area contributed by atoms with E-state index in [1.807, 2.05) is 0 Å². The first-order valence-corrected chi connectivity index (χ1v) is 8.09. The molecule has 140 valence electrons. The molecule has 0 aromatic carbocycles. The fourth-order valence-corrected chi connectivity index (χ4v) is 0.632. The smallest absolute Gasteiger partial charge is 1.00 e. The first kappa shape index (κ1) is 44.3. The summed E-state index contributed by atoms with van der Waals surface area (Å²) in [5.74, 6) is 0. The fraction of sp³-hybridized carbons (Fsp3) is 1.00. The molecule has 0 atom stereocenters. The van der Waals surface area contributed by atoms with Crippen molar-refractivity contribution in [1.29, 1.82) is 0 Å². The predicted molar refractivity (Wildman–Crippen MR) is 98.2 cm³/mol. The van der Waals surface area contributed by atoms with Gasteiger partial charge in [0.2, 0.25) is 0 Å². The zero-order valence-corrected chi connectivity index (χ0v) is 19.1. The van der Waals surface area contributed by atoms with E-state index in [0.717, 1.165) is 51.4 Å². The minimum atomic E-state index is 0. The van der Waals surface area contributed by atoms with E-state index in [0.29, 0.717) is 26.4 Å². The monoisotopic (exact) mass is 382 g/mol. The van der Waals surface area contributed by atoms with Crippen LogP contribution in [0.5, 0.6) is 0 Å². The number of hydrogen-bond acceptors (Lipinski definition) is 4.